The molecule has 0 aromatic carbocycles. The van der Waals surface area contributed by atoms with Gasteiger partial charge in [-0.25, -0.2) is 0 Å². The molecule has 0 spiro atoms. The van der Waals surface area contributed by atoms with Crippen LogP contribution >= 0.6 is 0 Å². The van der Waals surface area contributed by atoms with Gasteiger partial charge in [-0.15, -0.1) is 0 Å². The van der Waals surface area contributed by atoms with Gasteiger partial charge in [0.05, 0.1) is 0 Å². The van der Waals surface area contributed by atoms with Crippen LogP contribution in [-0.2, 0) is 0 Å². The third-order valence-electron chi connectivity index (χ3n) is 11.2. The molecule has 0 heterocycles. The van der Waals surface area contributed by atoms with Crippen molar-refractivity contribution in [3.63, 3.8) is 0 Å². The van der Waals surface area contributed by atoms with Gasteiger partial charge in [0.25, 0.3) is 0 Å². The van der Waals surface area contributed by atoms with Crippen molar-refractivity contribution < 1.29 is 62.2 Å². The molecule has 4 fully saturated rings. The average Bonchev–Trinajstić information content (AvgIpc) is 3.37. The maximum atomic E-state index is 2.20. The Morgan fingerprint density at radius 1 is 0.119 bits per heavy atom. The summed E-state index contributed by atoms with van der Waals surface area (Å²) in [4.78, 5) is 0. The molecule has 0 N–H and O–H groups in total. The summed E-state index contributed by atoms with van der Waals surface area (Å²) in [5, 5.41) is 0. The Kier molecular flexibility index (Phi) is 21.8. The first-order chi connectivity index (χ1) is 18.2. The maximum absolute atomic E-state index is 2.20. The van der Waals surface area contributed by atoms with E-state index < -0.39 is 0 Å². The molecule has 4 aliphatic rings. The first-order valence-corrected chi connectivity index (χ1v) is 15.0. The summed E-state index contributed by atoms with van der Waals surface area (Å²) in [6, 6.07) is 0. The summed E-state index contributed by atoms with van der Waals surface area (Å²) in [6.45, 7) is 44.0. The standard InChI is InChI=1S/4C10H15.2U/c4*1-6-7(2)9(4)10(5)8(6)3;;/h4*1-5H3;;/q;;;;2*+2. The molecule has 0 amide bonds. The molecule has 0 aromatic rings. The van der Waals surface area contributed by atoms with Crippen LogP contribution in [0.1, 0.15) is 138 Å². The van der Waals surface area contributed by atoms with Crippen molar-refractivity contribution in [3.8, 4) is 0 Å². The fraction of sp³-hybridized carbons (Fsp3) is 0.500. The Labute approximate surface area is 316 Å². The van der Waals surface area contributed by atoms with Gasteiger partial charge in [-0.05, 0) is 118 Å². The van der Waals surface area contributed by atoms with Gasteiger partial charge < -0.3 is 0 Å². The molecule has 224 valence electrons. The molecule has 0 unspecified atom stereocenters. The smallest absolute Gasteiger partial charge is 0.0579 e. The van der Waals surface area contributed by atoms with Crippen LogP contribution in [0.15, 0.2) is 0 Å². The van der Waals surface area contributed by atoms with E-state index in [0.29, 0.717) is 0 Å². The van der Waals surface area contributed by atoms with Crippen molar-refractivity contribution in [2.45, 2.75) is 138 Å². The summed E-state index contributed by atoms with van der Waals surface area (Å²) in [5.41, 5.74) is 0. The van der Waals surface area contributed by atoms with Gasteiger partial charge in [0.1, 0.15) is 0 Å². The van der Waals surface area contributed by atoms with Gasteiger partial charge in [-0.3, -0.25) is 0 Å². The Morgan fingerprint density at radius 3 is 0.167 bits per heavy atom. The van der Waals surface area contributed by atoms with E-state index in [2.05, 4.69) is 138 Å². The third kappa shape index (κ3) is 10.6. The summed E-state index contributed by atoms with van der Waals surface area (Å²) in [5.74, 6) is 29.4. The minimum atomic E-state index is 0. The quantitative estimate of drug-likeness (QED) is 0.227. The van der Waals surface area contributed by atoms with Crippen LogP contribution in [0.5, 0.6) is 0 Å². The molecule has 0 bridgehead atoms. The zero-order chi connectivity index (χ0) is 31.5. The summed E-state index contributed by atoms with van der Waals surface area (Å²) in [7, 11) is 0. The summed E-state index contributed by atoms with van der Waals surface area (Å²) >= 11 is 0. The number of rotatable bonds is 0. The minimum absolute atomic E-state index is 0. The van der Waals surface area contributed by atoms with E-state index in [1.807, 2.05) is 0 Å². The van der Waals surface area contributed by atoms with Crippen LogP contribution in [0.25, 0.3) is 0 Å². The van der Waals surface area contributed by atoms with Crippen molar-refractivity contribution in [2.24, 2.45) is 0 Å². The van der Waals surface area contributed by atoms with E-state index in [9.17, 15) is 0 Å². The normalized spacial score (nSPS) is 27.1. The molecule has 42 heavy (non-hydrogen) atoms. The third-order valence-corrected chi connectivity index (χ3v) is 11.2. The average molecular weight is 1020 g/mol. The SMILES string of the molecule is C[C]1[C](C)[C](C)[C](C)[C]1C.C[C]1[C](C)[C](C)[C](C)[C]1C.C[C]1[C](C)[C](C)[C](C)[C]1C.C[C]1[C](C)[C](C)[C](C)[C]1C.[U+2].[U+2]. The van der Waals surface area contributed by atoms with Crippen molar-refractivity contribution >= 4 is 0 Å². The second-order valence-electron chi connectivity index (χ2n) is 12.5. The molecule has 0 aliphatic heterocycles. The first kappa shape index (κ1) is 46.2. The molecular weight excluding hydrogens is 956 g/mol. The van der Waals surface area contributed by atoms with Crippen LogP contribution in [-0.4, -0.2) is 0 Å². The molecular formula is C40H60U2+4. The molecule has 0 nitrogen and oxygen atoms in total. The van der Waals surface area contributed by atoms with Crippen molar-refractivity contribution in [2.75, 3.05) is 0 Å². The van der Waals surface area contributed by atoms with Crippen LogP contribution in [0.4, 0.5) is 0 Å². The second kappa shape index (κ2) is 19.8. The van der Waals surface area contributed by atoms with Gasteiger partial charge in [0.2, 0.25) is 0 Å². The van der Waals surface area contributed by atoms with E-state index in [4.69, 9.17) is 0 Å². The van der Waals surface area contributed by atoms with Gasteiger partial charge in [-0.1, -0.05) is 138 Å². The molecule has 0 aromatic heterocycles. The van der Waals surface area contributed by atoms with Gasteiger partial charge in [0, 0.05) is 0 Å². The maximum Gasteiger partial charge on any atom is 2.00 e. The van der Waals surface area contributed by atoms with Gasteiger partial charge in [-0.2, -0.15) is 0 Å². The molecule has 4 rings (SSSR count). The second-order valence-corrected chi connectivity index (χ2v) is 12.5. The van der Waals surface area contributed by atoms with Crippen LogP contribution in [0.3, 0.4) is 0 Å². The Morgan fingerprint density at radius 2 is 0.143 bits per heavy atom. The molecule has 0 atom stereocenters. The van der Waals surface area contributed by atoms with E-state index in [-0.39, 0.29) is 62.2 Å². The molecule has 4 aliphatic carbocycles. The Bertz CT molecular complexity index is 421. The van der Waals surface area contributed by atoms with Gasteiger partial charge in [0.15, 0.2) is 0 Å². The zero-order valence-corrected chi connectivity index (χ0v) is 39.3. The molecule has 0 saturated heterocycles. The fourth-order valence-electron chi connectivity index (χ4n) is 5.62. The molecule has 20 radical (unpaired) electrons. The van der Waals surface area contributed by atoms with E-state index in [1.165, 1.54) is 118 Å². The van der Waals surface area contributed by atoms with E-state index in [1.54, 1.807) is 0 Å². The monoisotopic (exact) mass is 1020 g/mol. The first-order valence-electron chi connectivity index (χ1n) is 15.0. The number of hydrogen-bond acceptors (Lipinski definition) is 0. The van der Waals surface area contributed by atoms with Crippen LogP contribution < -0.4 is 0 Å². The van der Waals surface area contributed by atoms with E-state index >= 15 is 0 Å². The predicted octanol–water partition coefficient (Wildman–Crippen LogP) is 11.9. The predicted molar refractivity (Wildman–Crippen MR) is 178 cm³/mol. The van der Waals surface area contributed by atoms with Crippen molar-refractivity contribution in [3.05, 3.63) is 118 Å². The largest absolute Gasteiger partial charge is 2.00 e. The van der Waals surface area contributed by atoms with Crippen molar-refractivity contribution in [1.29, 1.82) is 0 Å². The topological polar surface area (TPSA) is 0 Å². The van der Waals surface area contributed by atoms with E-state index in [0.717, 1.165) is 0 Å². The van der Waals surface area contributed by atoms with Crippen LogP contribution in [0, 0.1) is 181 Å². The zero-order valence-electron chi connectivity index (χ0n) is 31.0. The fourth-order valence-corrected chi connectivity index (χ4v) is 5.62. The van der Waals surface area contributed by atoms with Gasteiger partial charge >= 0.3 is 62.2 Å². The Hall–Kier alpha value is 2.10. The van der Waals surface area contributed by atoms with Crippen molar-refractivity contribution in [1.82, 2.24) is 0 Å². The summed E-state index contributed by atoms with van der Waals surface area (Å²) < 4.78 is 0. The molecule has 4 saturated carbocycles. The number of hydrogen-bond donors (Lipinski definition) is 0. The Balaban J connectivity index is 0. The minimum Gasteiger partial charge on any atom is -0.0579 e. The van der Waals surface area contributed by atoms with Crippen LogP contribution in [0.2, 0.25) is 0 Å². The molecule has 2 heteroatoms. The summed E-state index contributed by atoms with van der Waals surface area (Å²) in [6.07, 6.45) is 0.